The van der Waals surface area contributed by atoms with Gasteiger partial charge in [0.2, 0.25) is 0 Å². The molecule has 1 aliphatic rings. The van der Waals surface area contributed by atoms with E-state index in [1.807, 2.05) is 6.07 Å². The van der Waals surface area contributed by atoms with E-state index in [9.17, 15) is 9.90 Å². The lowest BCUT2D eigenvalue weighted by Crippen LogP contribution is -2.45. The van der Waals surface area contributed by atoms with Crippen LogP contribution in [-0.4, -0.2) is 40.4 Å². The molecule has 0 bridgehead atoms. The van der Waals surface area contributed by atoms with Crippen molar-refractivity contribution in [2.45, 2.75) is 12.5 Å². The van der Waals surface area contributed by atoms with Gasteiger partial charge in [0.1, 0.15) is 0 Å². The molecular weight excluding hydrogens is 160 g/mol. The van der Waals surface area contributed by atoms with Crippen LogP contribution in [-0.2, 0) is 0 Å². The van der Waals surface area contributed by atoms with Gasteiger partial charge in [0, 0.05) is 6.54 Å². The van der Waals surface area contributed by atoms with Crippen molar-refractivity contribution in [3.63, 3.8) is 0 Å². The first kappa shape index (κ1) is 8.81. The Labute approximate surface area is 69.8 Å². The summed E-state index contributed by atoms with van der Waals surface area (Å²) in [5.74, 6) is -0.416. The number of piperidine rings is 1. The zero-order valence-corrected chi connectivity index (χ0v) is 6.47. The summed E-state index contributed by atoms with van der Waals surface area (Å²) in [6, 6.07) is 1.94. The number of nitriles is 1. The molecule has 1 fully saturated rings. The first-order chi connectivity index (χ1) is 5.65. The van der Waals surface area contributed by atoms with E-state index < -0.39 is 18.1 Å². The number of aliphatic hydroxyl groups excluding tert-OH is 1. The summed E-state index contributed by atoms with van der Waals surface area (Å²) in [7, 11) is 0. The minimum atomic E-state index is -1.04. The molecule has 2 atom stereocenters. The molecule has 0 saturated carbocycles. The van der Waals surface area contributed by atoms with Gasteiger partial charge in [-0.05, 0) is 6.42 Å². The number of nitrogens with zero attached hydrogens (tertiary/aromatic N) is 2. The van der Waals surface area contributed by atoms with E-state index in [0.29, 0.717) is 13.0 Å². The third-order valence-corrected chi connectivity index (χ3v) is 2.02. The fourth-order valence-electron chi connectivity index (χ4n) is 1.26. The lowest BCUT2D eigenvalue weighted by molar-refractivity contribution is 0.0432. The minimum Gasteiger partial charge on any atom is -0.465 e. The predicted molar refractivity (Wildman–Crippen MR) is 39.3 cm³/mol. The molecule has 12 heavy (non-hydrogen) atoms. The highest BCUT2D eigenvalue weighted by Crippen LogP contribution is 2.16. The minimum absolute atomic E-state index is 0.0492. The van der Waals surface area contributed by atoms with Crippen LogP contribution in [0.2, 0.25) is 0 Å². The van der Waals surface area contributed by atoms with Crippen molar-refractivity contribution in [2.24, 2.45) is 5.92 Å². The maximum Gasteiger partial charge on any atom is 0.407 e. The molecule has 0 aliphatic carbocycles. The molecule has 2 unspecified atom stereocenters. The summed E-state index contributed by atoms with van der Waals surface area (Å²) in [6.45, 7) is 0.387. The van der Waals surface area contributed by atoms with Crippen LogP contribution in [0.15, 0.2) is 0 Å². The molecule has 0 radical (unpaired) electrons. The number of hydrogen-bond donors (Lipinski definition) is 2. The Morgan fingerprint density at radius 1 is 1.67 bits per heavy atom. The van der Waals surface area contributed by atoms with Gasteiger partial charge < -0.3 is 15.1 Å². The average molecular weight is 170 g/mol. The summed E-state index contributed by atoms with van der Waals surface area (Å²) >= 11 is 0. The predicted octanol–water partition coefficient (Wildman–Crippen LogP) is -0.129. The molecular formula is C7H10N2O3. The van der Waals surface area contributed by atoms with E-state index in [-0.39, 0.29) is 6.54 Å². The van der Waals surface area contributed by atoms with Crippen molar-refractivity contribution in [2.75, 3.05) is 13.1 Å². The number of likely N-dealkylation sites (tertiary alicyclic amines) is 1. The van der Waals surface area contributed by atoms with Crippen molar-refractivity contribution in [1.29, 1.82) is 5.26 Å². The highest BCUT2D eigenvalue weighted by atomic mass is 16.4. The third-order valence-electron chi connectivity index (χ3n) is 2.02. The Bertz CT molecular complexity index is 223. The number of carbonyl (C=O) groups is 1. The second kappa shape index (κ2) is 3.41. The fourth-order valence-corrected chi connectivity index (χ4v) is 1.26. The lowest BCUT2D eigenvalue weighted by Gasteiger charge is -2.30. The maximum atomic E-state index is 10.4. The second-order valence-electron chi connectivity index (χ2n) is 2.82. The Balaban J connectivity index is 2.53. The Morgan fingerprint density at radius 3 is 2.75 bits per heavy atom. The highest BCUT2D eigenvalue weighted by Gasteiger charge is 2.29. The zero-order valence-electron chi connectivity index (χ0n) is 6.47. The van der Waals surface area contributed by atoms with Gasteiger partial charge in [0.05, 0.1) is 24.6 Å². The Morgan fingerprint density at radius 2 is 2.33 bits per heavy atom. The molecule has 0 aromatic carbocycles. The van der Waals surface area contributed by atoms with Crippen molar-refractivity contribution in [3.8, 4) is 6.07 Å². The summed E-state index contributed by atoms with van der Waals surface area (Å²) < 4.78 is 0. The lowest BCUT2D eigenvalue weighted by atomic mass is 9.96. The number of aliphatic hydroxyl groups is 1. The molecule has 1 rings (SSSR count). The quantitative estimate of drug-likeness (QED) is 0.530. The molecule has 1 heterocycles. The molecule has 66 valence electrons. The van der Waals surface area contributed by atoms with Gasteiger partial charge >= 0.3 is 6.09 Å². The van der Waals surface area contributed by atoms with Gasteiger partial charge in [-0.15, -0.1) is 0 Å². The summed E-state index contributed by atoms with van der Waals surface area (Å²) in [5, 5.41) is 26.3. The van der Waals surface area contributed by atoms with E-state index >= 15 is 0 Å². The summed E-state index contributed by atoms with van der Waals surface area (Å²) in [5.41, 5.74) is 0. The standard InChI is InChI=1S/C7H10N2O3/c8-3-5-1-2-9(7(11)12)4-6(5)10/h5-6,10H,1-2,4H2,(H,11,12). The number of amides is 1. The molecule has 5 nitrogen and oxygen atoms in total. The molecule has 5 heteroatoms. The van der Waals surface area contributed by atoms with Crippen LogP contribution in [0.4, 0.5) is 4.79 Å². The summed E-state index contributed by atoms with van der Waals surface area (Å²) in [4.78, 5) is 11.6. The molecule has 2 N–H and O–H groups in total. The van der Waals surface area contributed by atoms with Crippen LogP contribution in [0.5, 0.6) is 0 Å². The van der Waals surface area contributed by atoms with Crippen molar-refractivity contribution >= 4 is 6.09 Å². The normalized spacial score (nSPS) is 29.5. The molecule has 0 aromatic heterocycles. The number of hydrogen-bond acceptors (Lipinski definition) is 3. The first-order valence-corrected chi connectivity index (χ1v) is 3.70. The van der Waals surface area contributed by atoms with Gasteiger partial charge in [-0.25, -0.2) is 4.79 Å². The van der Waals surface area contributed by atoms with Crippen LogP contribution < -0.4 is 0 Å². The second-order valence-corrected chi connectivity index (χ2v) is 2.82. The average Bonchev–Trinajstić information content (AvgIpc) is 2.04. The first-order valence-electron chi connectivity index (χ1n) is 3.70. The van der Waals surface area contributed by atoms with Crippen LogP contribution in [0.25, 0.3) is 0 Å². The number of β-amino-alcohol motifs (C(OH)–C–C–N with tert-alkyl or cyclic N) is 1. The molecule has 1 saturated heterocycles. The van der Waals surface area contributed by atoms with Crippen molar-refractivity contribution < 1.29 is 15.0 Å². The maximum absolute atomic E-state index is 10.4. The SMILES string of the molecule is N#CC1CCN(C(=O)O)CC1O. The topological polar surface area (TPSA) is 84.6 Å². The molecule has 0 aromatic rings. The van der Waals surface area contributed by atoms with E-state index in [1.165, 1.54) is 0 Å². The zero-order chi connectivity index (χ0) is 9.14. The Hall–Kier alpha value is -1.28. The van der Waals surface area contributed by atoms with Gasteiger partial charge in [-0.3, -0.25) is 0 Å². The fraction of sp³-hybridized carbons (Fsp3) is 0.714. The number of carboxylic acid groups (broad SMARTS) is 1. The third kappa shape index (κ3) is 1.66. The molecule has 1 amide bonds. The monoisotopic (exact) mass is 170 g/mol. The Kier molecular flexibility index (Phi) is 2.51. The summed E-state index contributed by atoms with van der Waals surface area (Å²) in [6.07, 6.45) is -1.45. The molecule has 0 spiro atoms. The van der Waals surface area contributed by atoms with Crippen molar-refractivity contribution in [3.05, 3.63) is 0 Å². The van der Waals surface area contributed by atoms with E-state index in [0.717, 1.165) is 4.90 Å². The smallest absolute Gasteiger partial charge is 0.407 e. The largest absolute Gasteiger partial charge is 0.465 e. The van der Waals surface area contributed by atoms with E-state index in [1.54, 1.807) is 0 Å². The van der Waals surface area contributed by atoms with Crippen LogP contribution in [0, 0.1) is 17.2 Å². The van der Waals surface area contributed by atoms with Gasteiger partial charge in [0.25, 0.3) is 0 Å². The van der Waals surface area contributed by atoms with Crippen LogP contribution >= 0.6 is 0 Å². The molecule has 1 aliphatic heterocycles. The highest BCUT2D eigenvalue weighted by molar-refractivity contribution is 5.65. The van der Waals surface area contributed by atoms with Gasteiger partial charge in [-0.2, -0.15) is 5.26 Å². The van der Waals surface area contributed by atoms with Crippen LogP contribution in [0.1, 0.15) is 6.42 Å². The number of rotatable bonds is 0. The van der Waals surface area contributed by atoms with Crippen molar-refractivity contribution in [1.82, 2.24) is 4.90 Å². The van der Waals surface area contributed by atoms with Gasteiger partial charge in [0.15, 0.2) is 0 Å². The van der Waals surface area contributed by atoms with E-state index in [4.69, 9.17) is 10.4 Å². The van der Waals surface area contributed by atoms with Crippen LogP contribution in [0.3, 0.4) is 0 Å². The van der Waals surface area contributed by atoms with Gasteiger partial charge in [-0.1, -0.05) is 0 Å². The van der Waals surface area contributed by atoms with E-state index in [2.05, 4.69) is 0 Å².